The van der Waals surface area contributed by atoms with Crippen LogP contribution in [0.4, 0.5) is 4.79 Å². The molecular weight excluding hydrogens is 166 g/mol. The first-order valence-corrected chi connectivity index (χ1v) is 4.97. The SMILES string of the molecule is CCN1CCCC1CNC(=O)NC. The fourth-order valence-corrected chi connectivity index (χ4v) is 1.84. The van der Waals surface area contributed by atoms with Gasteiger partial charge in [-0.3, -0.25) is 4.90 Å². The van der Waals surface area contributed by atoms with Gasteiger partial charge in [0, 0.05) is 19.6 Å². The number of amides is 2. The molecule has 1 aliphatic rings. The van der Waals surface area contributed by atoms with Gasteiger partial charge in [0.05, 0.1) is 0 Å². The van der Waals surface area contributed by atoms with E-state index in [0.717, 1.165) is 13.1 Å². The predicted octanol–water partition coefficient (Wildman–Crippen LogP) is 0.400. The maximum absolute atomic E-state index is 10.9. The largest absolute Gasteiger partial charge is 0.341 e. The summed E-state index contributed by atoms with van der Waals surface area (Å²) in [4.78, 5) is 13.3. The normalized spacial score (nSPS) is 23.1. The first-order chi connectivity index (χ1) is 6.27. The third-order valence-corrected chi connectivity index (χ3v) is 2.63. The monoisotopic (exact) mass is 185 g/mol. The highest BCUT2D eigenvalue weighted by molar-refractivity contribution is 5.73. The van der Waals surface area contributed by atoms with Crippen molar-refractivity contribution in [3.63, 3.8) is 0 Å². The fourth-order valence-electron chi connectivity index (χ4n) is 1.84. The number of nitrogens with zero attached hydrogens (tertiary/aromatic N) is 1. The van der Waals surface area contributed by atoms with Crippen LogP contribution in [0, 0.1) is 0 Å². The van der Waals surface area contributed by atoms with E-state index in [2.05, 4.69) is 22.5 Å². The number of likely N-dealkylation sites (N-methyl/N-ethyl adjacent to an activating group) is 1. The number of urea groups is 1. The second-order valence-electron chi connectivity index (χ2n) is 3.38. The van der Waals surface area contributed by atoms with E-state index < -0.39 is 0 Å². The van der Waals surface area contributed by atoms with Crippen molar-refractivity contribution in [2.45, 2.75) is 25.8 Å². The molecule has 4 nitrogen and oxygen atoms in total. The molecule has 1 aliphatic heterocycles. The summed E-state index contributed by atoms with van der Waals surface area (Å²) in [5, 5.41) is 5.40. The third kappa shape index (κ3) is 2.88. The third-order valence-electron chi connectivity index (χ3n) is 2.63. The van der Waals surface area contributed by atoms with Crippen LogP contribution < -0.4 is 10.6 Å². The summed E-state index contributed by atoms with van der Waals surface area (Å²) in [6, 6.07) is 0.463. The van der Waals surface area contributed by atoms with Crippen LogP contribution in [-0.2, 0) is 0 Å². The molecule has 0 aliphatic carbocycles. The lowest BCUT2D eigenvalue weighted by Gasteiger charge is -2.22. The van der Waals surface area contributed by atoms with Crippen molar-refractivity contribution in [1.29, 1.82) is 0 Å². The maximum atomic E-state index is 10.9. The minimum Gasteiger partial charge on any atom is -0.341 e. The lowest BCUT2D eigenvalue weighted by atomic mass is 10.2. The Labute approximate surface area is 79.7 Å². The van der Waals surface area contributed by atoms with Gasteiger partial charge >= 0.3 is 6.03 Å². The number of carbonyl (C=O) groups excluding carboxylic acids is 1. The van der Waals surface area contributed by atoms with Crippen molar-refractivity contribution < 1.29 is 4.79 Å². The molecule has 1 atom stereocenters. The van der Waals surface area contributed by atoms with E-state index >= 15 is 0 Å². The molecule has 0 aromatic heterocycles. The zero-order valence-corrected chi connectivity index (χ0v) is 8.47. The van der Waals surface area contributed by atoms with Crippen molar-refractivity contribution in [2.24, 2.45) is 0 Å². The van der Waals surface area contributed by atoms with Gasteiger partial charge in [-0.1, -0.05) is 6.92 Å². The molecule has 0 aromatic carbocycles. The van der Waals surface area contributed by atoms with Gasteiger partial charge in [0.15, 0.2) is 0 Å². The summed E-state index contributed by atoms with van der Waals surface area (Å²) in [6.45, 7) is 5.20. The number of likely N-dealkylation sites (tertiary alicyclic amines) is 1. The Morgan fingerprint density at radius 2 is 2.38 bits per heavy atom. The molecule has 1 saturated heterocycles. The van der Waals surface area contributed by atoms with Crippen LogP contribution in [0.3, 0.4) is 0 Å². The second kappa shape index (κ2) is 5.07. The van der Waals surface area contributed by atoms with Crippen molar-refractivity contribution >= 4 is 6.03 Å². The molecular formula is C9H19N3O. The molecule has 2 N–H and O–H groups in total. The van der Waals surface area contributed by atoms with Crippen LogP contribution in [0.2, 0.25) is 0 Å². The summed E-state index contributed by atoms with van der Waals surface area (Å²) < 4.78 is 0. The molecule has 1 heterocycles. The summed E-state index contributed by atoms with van der Waals surface area (Å²) in [5.41, 5.74) is 0. The molecule has 0 saturated carbocycles. The minimum atomic E-state index is -0.0806. The number of rotatable bonds is 3. The molecule has 1 rings (SSSR count). The molecule has 13 heavy (non-hydrogen) atoms. The average molecular weight is 185 g/mol. The van der Waals surface area contributed by atoms with Crippen LogP contribution in [0.15, 0.2) is 0 Å². The molecule has 0 spiro atoms. The molecule has 1 fully saturated rings. The molecule has 76 valence electrons. The molecule has 0 aromatic rings. The zero-order valence-electron chi connectivity index (χ0n) is 8.47. The highest BCUT2D eigenvalue weighted by Crippen LogP contribution is 2.15. The Morgan fingerprint density at radius 1 is 1.62 bits per heavy atom. The molecule has 2 amide bonds. The summed E-state index contributed by atoms with van der Waals surface area (Å²) in [6.07, 6.45) is 2.46. The van der Waals surface area contributed by atoms with Crippen molar-refractivity contribution in [3.8, 4) is 0 Å². The maximum Gasteiger partial charge on any atom is 0.314 e. The lowest BCUT2D eigenvalue weighted by molar-refractivity contribution is 0.230. The number of hydrogen-bond acceptors (Lipinski definition) is 2. The van der Waals surface area contributed by atoms with Crippen molar-refractivity contribution in [2.75, 3.05) is 26.7 Å². The van der Waals surface area contributed by atoms with E-state index in [-0.39, 0.29) is 6.03 Å². The molecule has 4 heteroatoms. The highest BCUT2D eigenvalue weighted by Gasteiger charge is 2.22. The smallest absolute Gasteiger partial charge is 0.314 e. The van der Waals surface area contributed by atoms with Gasteiger partial charge in [0.25, 0.3) is 0 Å². The van der Waals surface area contributed by atoms with Gasteiger partial charge < -0.3 is 10.6 Å². The minimum absolute atomic E-state index is 0.0806. The standard InChI is InChI=1S/C9H19N3O/c1-3-12-6-4-5-8(12)7-11-9(13)10-2/h8H,3-7H2,1-2H3,(H2,10,11,13). The van der Waals surface area contributed by atoms with Gasteiger partial charge in [-0.15, -0.1) is 0 Å². The molecule has 1 unspecified atom stereocenters. The summed E-state index contributed by atoms with van der Waals surface area (Å²) in [7, 11) is 1.64. The van der Waals surface area contributed by atoms with Crippen molar-refractivity contribution in [1.82, 2.24) is 15.5 Å². The van der Waals surface area contributed by atoms with E-state index in [0.29, 0.717) is 6.04 Å². The number of hydrogen-bond donors (Lipinski definition) is 2. The Balaban J connectivity index is 2.23. The summed E-state index contributed by atoms with van der Waals surface area (Å²) in [5.74, 6) is 0. The average Bonchev–Trinajstić information content (AvgIpc) is 2.61. The zero-order chi connectivity index (χ0) is 9.68. The van der Waals surface area contributed by atoms with Crippen molar-refractivity contribution in [3.05, 3.63) is 0 Å². The quantitative estimate of drug-likeness (QED) is 0.668. The van der Waals surface area contributed by atoms with Gasteiger partial charge in [-0.25, -0.2) is 4.79 Å². The van der Waals surface area contributed by atoms with Gasteiger partial charge in [-0.05, 0) is 25.9 Å². The molecule has 0 radical (unpaired) electrons. The van der Waals surface area contributed by atoms with E-state index in [4.69, 9.17) is 0 Å². The predicted molar refractivity (Wildman–Crippen MR) is 52.7 cm³/mol. The van der Waals surface area contributed by atoms with Gasteiger partial charge in [-0.2, -0.15) is 0 Å². The lowest BCUT2D eigenvalue weighted by Crippen LogP contribution is -2.42. The number of carbonyl (C=O) groups is 1. The first kappa shape index (κ1) is 10.3. The van der Waals surface area contributed by atoms with Crippen LogP contribution >= 0.6 is 0 Å². The van der Waals surface area contributed by atoms with Crippen LogP contribution in [0.5, 0.6) is 0 Å². The Hall–Kier alpha value is -0.770. The van der Waals surface area contributed by atoms with Gasteiger partial charge in [0.1, 0.15) is 0 Å². The highest BCUT2D eigenvalue weighted by atomic mass is 16.2. The molecule has 0 bridgehead atoms. The Morgan fingerprint density at radius 3 is 3.00 bits per heavy atom. The van der Waals surface area contributed by atoms with Crippen LogP contribution in [0.1, 0.15) is 19.8 Å². The van der Waals surface area contributed by atoms with Gasteiger partial charge in [0.2, 0.25) is 0 Å². The summed E-state index contributed by atoms with van der Waals surface area (Å²) >= 11 is 0. The second-order valence-corrected chi connectivity index (χ2v) is 3.38. The Bertz CT molecular complexity index is 172. The topological polar surface area (TPSA) is 44.4 Å². The first-order valence-electron chi connectivity index (χ1n) is 4.97. The van der Waals surface area contributed by atoms with E-state index in [1.807, 2.05) is 0 Å². The van der Waals surface area contributed by atoms with E-state index in [9.17, 15) is 4.79 Å². The Kier molecular flexibility index (Phi) is 4.02. The van der Waals surface area contributed by atoms with Crippen LogP contribution in [-0.4, -0.2) is 43.7 Å². The van der Waals surface area contributed by atoms with E-state index in [1.54, 1.807) is 7.05 Å². The fraction of sp³-hybridized carbons (Fsp3) is 0.889. The van der Waals surface area contributed by atoms with E-state index in [1.165, 1.54) is 19.4 Å². The number of nitrogens with one attached hydrogen (secondary N) is 2. The van der Waals surface area contributed by atoms with Crippen LogP contribution in [0.25, 0.3) is 0 Å².